The fourth-order valence-corrected chi connectivity index (χ4v) is 3.23. The van der Waals surface area contributed by atoms with E-state index in [-0.39, 0.29) is 6.10 Å². The van der Waals surface area contributed by atoms with Gasteiger partial charge in [-0.1, -0.05) is 11.6 Å². The Kier molecular flexibility index (Phi) is 4.05. The summed E-state index contributed by atoms with van der Waals surface area (Å²) < 4.78 is 25.3. The van der Waals surface area contributed by atoms with Gasteiger partial charge in [0.05, 0.1) is 32.3 Å². The fraction of sp³-hybridized carbons (Fsp3) is 0.353. The van der Waals surface area contributed by atoms with Crippen LogP contribution >= 0.6 is 11.6 Å². The molecule has 3 aromatic rings. The lowest BCUT2D eigenvalue weighted by molar-refractivity contribution is -0.201. The van der Waals surface area contributed by atoms with Gasteiger partial charge in [0.25, 0.3) is 0 Å². The Labute approximate surface area is 143 Å². The van der Waals surface area contributed by atoms with Gasteiger partial charge in [-0.05, 0) is 18.2 Å². The molecule has 0 spiro atoms. The molecule has 1 saturated heterocycles. The molecular formula is C17H17ClN2O4. The summed E-state index contributed by atoms with van der Waals surface area (Å²) in [6, 6.07) is 5.61. The van der Waals surface area contributed by atoms with E-state index in [0.29, 0.717) is 30.5 Å². The molecule has 6 nitrogen and oxygen atoms in total. The molecule has 0 saturated carbocycles. The molecule has 2 atom stereocenters. The molecule has 126 valence electrons. The van der Waals surface area contributed by atoms with Gasteiger partial charge in [0.15, 0.2) is 5.76 Å². The molecule has 4 rings (SSSR count). The molecule has 3 heterocycles. The molecule has 0 aliphatic carbocycles. The van der Waals surface area contributed by atoms with Crippen LogP contribution in [0.5, 0.6) is 0 Å². The third-order valence-electron chi connectivity index (χ3n) is 4.07. The van der Waals surface area contributed by atoms with E-state index in [0.717, 1.165) is 10.8 Å². The van der Waals surface area contributed by atoms with Crippen LogP contribution in [0.1, 0.15) is 5.76 Å². The third kappa shape index (κ3) is 2.71. The predicted octanol–water partition coefficient (Wildman–Crippen LogP) is 3.20. The van der Waals surface area contributed by atoms with Crippen molar-refractivity contribution in [2.75, 3.05) is 20.3 Å². The largest absolute Gasteiger partial charge is 0.462 e. The lowest BCUT2D eigenvalue weighted by Gasteiger charge is -2.26. The minimum absolute atomic E-state index is 0.161. The summed E-state index contributed by atoms with van der Waals surface area (Å²) in [4.78, 5) is 4.09. The molecule has 0 bridgehead atoms. The van der Waals surface area contributed by atoms with Crippen molar-refractivity contribution in [3.8, 4) is 0 Å². The molecular weight excluding hydrogens is 332 g/mol. The second-order valence-electron chi connectivity index (χ2n) is 5.79. The second-order valence-corrected chi connectivity index (χ2v) is 6.23. The van der Waals surface area contributed by atoms with E-state index in [1.165, 1.54) is 0 Å². The Hall–Kier alpha value is -1.86. The highest BCUT2D eigenvalue weighted by atomic mass is 35.5. The van der Waals surface area contributed by atoms with Crippen molar-refractivity contribution in [3.63, 3.8) is 0 Å². The van der Waals surface area contributed by atoms with Crippen LogP contribution in [0.3, 0.4) is 0 Å². The standard InChI is InChI=1S/C17H17ClN2O4/c1-21-8-14-9-23-17(24-14,10-20-5-4-19-11-20)16-15-3-2-13(18)6-12(15)7-22-16/h2-7,11,14H,8-10H2,1H3. The third-order valence-corrected chi connectivity index (χ3v) is 4.30. The fourth-order valence-electron chi connectivity index (χ4n) is 3.05. The number of hydrogen-bond donors (Lipinski definition) is 0. The predicted molar refractivity (Wildman–Crippen MR) is 87.8 cm³/mol. The Morgan fingerprint density at radius 1 is 1.46 bits per heavy atom. The Balaban J connectivity index is 1.77. The number of furan rings is 1. The van der Waals surface area contributed by atoms with Gasteiger partial charge in [-0.2, -0.15) is 0 Å². The van der Waals surface area contributed by atoms with Crippen molar-refractivity contribution < 1.29 is 18.6 Å². The molecule has 0 amide bonds. The molecule has 2 aromatic heterocycles. The summed E-state index contributed by atoms with van der Waals surface area (Å²) in [7, 11) is 1.64. The summed E-state index contributed by atoms with van der Waals surface area (Å²) in [5.41, 5.74) is 0. The number of nitrogens with zero attached hydrogens (tertiary/aromatic N) is 2. The summed E-state index contributed by atoms with van der Waals surface area (Å²) in [6.07, 6.45) is 6.81. The average Bonchev–Trinajstić information content (AvgIpc) is 3.28. The van der Waals surface area contributed by atoms with Crippen LogP contribution in [0.2, 0.25) is 5.02 Å². The van der Waals surface area contributed by atoms with Crippen molar-refractivity contribution in [2.24, 2.45) is 0 Å². The van der Waals surface area contributed by atoms with Crippen LogP contribution in [0.25, 0.3) is 10.8 Å². The highest BCUT2D eigenvalue weighted by molar-refractivity contribution is 6.31. The lowest BCUT2D eigenvalue weighted by Crippen LogP contribution is -2.33. The quantitative estimate of drug-likeness (QED) is 0.708. The van der Waals surface area contributed by atoms with E-state index in [2.05, 4.69) is 4.98 Å². The molecule has 2 unspecified atom stereocenters. The molecule has 1 aliphatic heterocycles. The second kappa shape index (κ2) is 6.22. The normalized spacial score (nSPS) is 24.0. The first-order valence-corrected chi connectivity index (χ1v) is 8.02. The van der Waals surface area contributed by atoms with E-state index in [1.807, 2.05) is 29.0 Å². The molecule has 7 heteroatoms. The van der Waals surface area contributed by atoms with Gasteiger partial charge in [0.1, 0.15) is 6.10 Å². The van der Waals surface area contributed by atoms with Crippen molar-refractivity contribution in [1.29, 1.82) is 0 Å². The Morgan fingerprint density at radius 3 is 3.17 bits per heavy atom. The number of methoxy groups -OCH3 is 1. The maximum atomic E-state index is 6.22. The van der Waals surface area contributed by atoms with E-state index >= 15 is 0 Å². The summed E-state index contributed by atoms with van der Waals surface area (Å²) in [5.74, 6) is -0.402. The topological polar surface area (TPSA) is 58.7 Å². The number of aromatic nitrogens is 2. The molecule has 1 fully saturated rings. The first-order valence-electron chi connectivity index (χ1n) is 7.64. The molecule has 1 aliphatic rings. The van der Waals surface area contributed by atoms with Crippen molar-refractivity contribution in [2.45, 2.75) is 18.4 Å². The zero-order chi connectivity index (χ0) is 16.6. The van der Waals surface area contributed by atoms with Crippen molar-refractivity contribution in [3.05, 3.63) is 54.0 Å². The average molecular weight is 349 g/mol. The summed E-state index contributed by atoms with van der Waals surface area (Å²) >= 11 is 6.07. The zero-order valence-electron chi connectivity index (χ0n) is 13.1. The van der Waals surface area contributed by atoms with Gasteiger partial charge >= 0.3 is 0 Å². The minimum atomic E-state index is -1.03. The summed E-state index contributed by atoms with van der Waals surface area (Å²) in [6.45, 7) is 1.31. The SMILES string of the molecule is COCC1COC(Cn2ccnc2)(c2occ3cc(Cl)ccc23)O1. The molecule has 0 radical (unpaired) electrons. The maximum absolute atomic E-state index is 6.22. The Morgan fingerprint density at radius 2 is 2.38 bits per heavy atom. The van der Waals surface area contributed by atoms with E-state index in [4.69, 9.17) is 30.2 Å². The van der Waals surface area contributed by atoms with Crippen LogP contribution in [-0.4, -0.2) is 36.0 Å². The van der Waals surface area contributed by atoms with Crippen molar-refractivity contribution >= 4 is 22.4 Å². The van der Waals surface area contributed by atoms with Crippen LogP contribution in [-0.2, 0) is 26.5 Å². The maximum Gasteiger partial charge on any atom is 0.248 e. The van der Waals surface area contributed by atoms with Crippen LogP contribution in [0.4, 0.5) is 0 Å². The number of rotatable bonds is 5. The minimum Gasteiger partial charge on any atom is -0.462 e. The smallest absolute Gasteiger partial charge is 0.248 e. The van der Waals surface area contributed by atoms with Gasteiger partial charge in [-0.3, -0.25) is 0 Å². The first kappa shape index (κ1) is 15.7. The van der Waals surface area contributed by atoms with Crippen LogP contribution in [0.15, 0.2) is 47.6 Å². The van der Waals surface area contributed by atoms with Gasteiger partial charge in [0.2, 0.25) is 5.79 Å². The van der Waals surface area contributed by atoms with Gasteiger partial charge < -0.3 is 23.2 Å². The number of halogens is 1. The zero-order valence-corrected chi connectivity index (χ0v) is 13.9. The number of hydrogen-bond acceptors (Lipinski definition) is 5. The van der Waals surface area contributed by atoms with Crippen LogP contribution in [0, 0.1) is 0 Å². The molecule has 24 heavy (non-hydrogen) atoms. The highest BCUT2D eigenvalue weighted by Crippen LogP contribution is 2.41. The monoisotopic (exact) mass is 348 g/mol. The van der Waals surface area contributed by atoms with Gasteiger partial charge in [0, 0.05) is 35.3 Å². The number of benzene rings is 1. The van der Waals surface area contributed by atoms with E-state index < -0.39 is 5.79 Å². The summed E-state index contributed by atoms with van der Waals surface area (Å²) in [5, 5.41) is 2.48. The highest BCUT2D eigenvalue weighted by Gasteiger charge is 2.47. The Bertz CT molecular complexity index is 832. The number of ether oxygens (including phenoxy) is 3. The number of fused-ring (bicyclic) bond motifs is 1. The molecule has 0 N–H and O–H groups in total. The van der Waals surface area contributed by atoms with E-state index in [1.54, 1.807) is 25.9 Å². The van der Waals surface area contributed by atoms with Gasteiger partial charge in [-0.25, -0.2) is 4.98 Å². The lowest BCUT2D eigenvalue weighted by atomic mass is 10.1. The number of imidazole rings is 1. The van der Waals surface area contributed by atoms with Crippen LogP contribution < -0.4 is 0 Å². The molecule has 1 aromatic carbocycles. The van der Waals surface area contributed by atoms with Crippen molar-refractivity contribution in [1.82, 2.24) is 9.55 Å². The first-order chi connectivity index (χ1) is 11.7. The van der Waals surface area contributed by atoms with Gasteiger partial charge in [-0.15, -0.1) is 0 Å². The van der Waals surface area contributed by atoms with E-state index in [9.17, 15) is 0 Å².